The molecule has 1 aliphatic carbocycles. The normalized spacial score (nSPS) is 22.7. The van der Waals surface area contributed by atoms with Crippen LogP contribution in [0.5, 0.6) is 0 Å². The summed E-state index contributed by atoms with van der Waals surface area (Å²) in [5.41, 5.74) is 0.408. The van der Waals surface area contributed by atoms with Gasteiger partial charge >= 0.3 is 0 Å². The van der Waals surface area contributed by atoms with Gasteiger partial charge in [0.1, 0.15) is 0 Å². The van der Waals surface area contributed by atoms with E-state index in [1.807, 2.05) is 12.2 Å². The zero-order valence-corrected chi connectivity index (χ0v) is 14.3. The van der Waals surface area contributed by atoms with Gasteiger partial charge in [0.25, 0.3) is 0 Å². The SMILES string of the molecule is O=C(CCN1C(=O)C2CC=CCC2C1=O)Nc1cc(Cl)ccc1Cl. The smallest absolute Gasteiger partial charge is 0.233 e. The molecule has 1 aromatic carbocycles. The second-order valence-electron chi connectivity index (χ2n) is 5.91. The Balaban J connectivity index is 1.59. The molecule has 7 heteroatoms. The standard InChI is InChI=1S/C17H16Cl2N2O3/c18-10-5-6-13(19)14(9-10)20-15(22)7-8-21-16(23)11-3-1-2-4-12(11)17(21)24/h1-2,5-6,9,11-12H,3-4,7-8H2,(H,20,22). The topological polar surface area (TPSA) is 66.5 Å². The predicted molar refractivity (Wildman–Crippen MR) is 91.8 cm³/mol. The summed E-state index contributed by atoms with van der Waals surface area (Å²) >= 11 is 11.9. The van der Waals surface area contributed by atoms with Gasteiger partial charge in [-0.2, -0.15) is 0 Å². The minimum atomic E-state index is -0.326. The number of rotatable bonds is 4. The number of hydrogen-bond acceptors (Lipinski definition) is 3. The highest BCUT2D eigenvalue weighted by Crippen LogP contribution is 2.35. The van der Waals surface area contributed by atoms with E-state index in [1.54, 1.807) is 18.2 Å². The van der Waals surface area contributed by atoms with Gasteiger partial charge in [-0.1, -0.05) is 35.4 Å². The summed E-state index contributed by atoms with van der Waals surface area (Å²) in [6, 6.07) is 4.76. The minimum absolute atomic E-state index is 0.0210. The van der Waals surface area contributed by atoms with Gasteiger partial charge in [-0.25, -0.2) is 0 Å². The van der Waals surface area contributed by atoms with Crippen LogP contribution in [0.3, 0.4) is 0 Å². The zero-order valence-electron chi connectivity index (χ0n) is 12.8. The molecule has 1 aliphatic heterocycles. The van der Waals surface area contributed by atoms with Gasteiger partial charge in [-0.15, -0.1) is 0 Å². The summed E-state index contributed by atoms with van der Waals surface area (Å²) in [5.74, 6) is -1.22. The summed E-state index contributed by atoms with van der Waals surface area (Å²) in [4.78, 5) is 37.9. The van der Waals surface area contributed by atoms with Crippen LogP contribution in [0, 0.1) is 11.8 Å². The molecular weight excluding hydrogens is 351 g/mol. The third kappa shape index (κ3) is 3.32. The molecule has 0 aromatic heterocycles. The number of imide groups is 1. The molecule has 24 heavy (non-hydrogen) atoms. The van der Waals surface area contributed by atoms with Gasteiger partial charge in [0.2, 0.25) is 17.7 Å². The number of likely N-dealkylation sites (tertiary alicyclic amines) is 1. The van der Waals surface area contributed by atoms with Crippen molar-refractivity contribution in [3.63, 3.8) is 0 Å². The number of carbonyl (C=O) groups excluding carboxylic acids is 3. The molecule has 1 heterocycles. The van der Waals surface area contributed by atoms with E-state index in [-0.39, 0.29) is 42.5 Å². The average Bonchev–Trinajstić information content (AvgIpc) is 2.81. The van der Waals surface area contributed by atoms with Crippen molar-refractivity contribution < 1.29 is 14.4 Å². The fraction of sp³-hybridized carbons (Fsp3) is 0.353. The second-order valence-corrected chi connectivity index (χ2v) is 6.75. The molecule has 3 amide bonds. The van der Waals surface area contributed by atoms with E-state index in [9.17, 15) is 14.4 Å². The lowest BCUT2D eigenvalue weighted by atomic mass is 9.85. The van der Waals surface area contributed by atoms with E-state index in [2.05, 4.69) is 5.32 Å². The molecule has 1 saturated heterocycles. The fourth-order valence-corrected chi connectivity index (χ4v) is 3.45. The van der Waals surface area contributed by atoms with E-state index in [0.29, 0.717) is 28.6 Å². The lowest BCUT2D eigenvalue weighted by molar-refractivity contribution is -0.140. The number of carbonyl (C=O) groups is 3. The molecule has 0 bridgehead atoms. The molecule has 126 valence electrons. The Labute approximate surface area is 149 Å². The van der Waals surface area contributed by atoms with Gasteiger partial charge in [-0.3, -0.25) is 19.3 Å². The number of fused-ring (bicyclic) bond motifs is 1. The third-order valence-electron chi connectivity index (χ3n) is 4.36. The van der Waals surface area contributed by atoms with E-state index < -0.39 is 0 Å². The summed E-state index contributed by atoms with van der Waals surface area (Å²) in [6.07, 6.45) is 5.08. The van der Waals surface area contributed by atoms with Gasteiger partial charge in [0.15, 0.2) is 0 Å². The Hall–Kier alpha value is -1.85. The predicted octanol–water partition coefficient (Wildman–Crippen LogP) is 3.27. The first-order valence-electron chi connectivity index (χ1n) is 7.72. The monoisotopic (exact) mass is 366 g/mol. The van der Waals surface area contributed by atoms with Crippen LogP contribution in [0.25, 0.3) is 0 Å². The Morgan fingerprint density at radius 1 is 1.12 bits per heavy atom. The Morgan fingerprint density at radius 3 is 2.38 bits per heavy atom. The van der Waals surface area contributed by atoms with Crippen LogP contribution in [0.15, 0.2) is 30.4 Å². The summed E-state index contributed by atoms with van der Waals surface area (Å²) < 4.78 is 0. The molecule has 3 rings (SSSR count). The lowest BCUT2D eigenvalue weighted by Crippen LogP contribution is -2.34. The number of anilines is 1. The number of allylic oxidation sites excluding steroid dienone is 2. The molecule has 0 saturated carbocycles. The quantitative estimate of drug-likeness (QED) is 0.656. The highest BCUT2D eigenvalue weighted by molar-refractivity contribution is 6.35. The minimum Gasteiger partial charge on any atom is -0.325 e. The molecule has 2 atom stereocenters. The first-order valence-corrected chi connectivity index (χ1v) is 8.48. The molecular formula is C17H16Cl2N2O3. The van der Waals surface area contributed by atoms with Crippen LogP contribution in [0.4, 0.5) is 5.69 Å². The molecule has 2 aliphatic rings. The molecule has 0 spiro atoms. The van der Waals surface area contributed by atoms with E-state index in [4.69, 9.17) is 23.2 Å². The lowest BCUT2D eigenvalue weighted by Gasteiger charge is -2.14. The number of hydrogen-bond donors (Lipinski definition) is 1. The van der Waals surface area contributed by atoms with Gasteiger partial charge < -0.3 is 5.32 Å². The molecule has 1 N–H and O–H groups in total. The molecule has 1 aromatic rings. The number of amides is 3. The highest BCUT2D eigenvalue weighted by atomic mass is 35.5. The number of nitrogens with one attached hydrogen (secondary N) is 1. The zero-order chi connectivity index (χ0) is 17.3. The molecule has 5 nitrogen and oxygen atoms in total. The van der Waals surface area contributed by atoms with E-state index in [1.165, 1.54) is 4.90 Å². The number of nitrogens with zero attached hydrogens (tertiary/aromatic N) is 1. The second kappa shape index (κ2) is 6.95. The van der Waals surface area contributed by atoms with Crippen molar-refractivity contribution in [1.29, 1.82) is 0 Å². The van der Waals surface area contributed by atoms with Crippen LogP contribution in [-0.4, -0.2) is 29.2 Å². The Kier molecular flexibility index (Phi) is 4.92. The maximum absolute atomic E-state index is 12.3. The van der Waals surface area contributed by atoms with Crippen LogP contribution in [-0.2, 0) is 14.4 Å². The van der Waals surface area contributed by atoms with Crippen LogP contribution in [0.1, 0.15) is 19.3 Å². The Morgan fingerprint density at radius 2 is 1.75 bits per heavy atom. The van der Waals surface area contributed by atoms with Crippen molar-refractivity contribution in [2.24, 2.45) is 11.8 Å². The van der Waals surface area contributed by atoms with Crippen molar-refractivity contribution in [3.05, 3.63) is 40.4 Å². The fourth-order valence-electron chi connectivity index (χ4n) is 3.11. The van der Waals surface area contributed by atoms with Crippen LogP contribution in [0.2, 0.25) is 10.0 Å². The number of benzene rings is 1. The molecule has 2 unspecified atom stereocenters. The maximum Gasteiger partial charge on any atom is 0.233 e. The summed E-state index contributed by atoms with van der Waals surface area (Å²) in [6.45, 7) is 0.0781. The highest BCUT2D eigenvalue weighted by Gasteiger charge is 2.46. The van der Waals surface area contributed by atoms with Gasteiger partial charge in [0.05, 0.1) is 22.5 Å². The van der Waals surface area contributed by atoms with Crippen molar-refractivity contribution >= 4 is 46.6 Å². The van der Waals surface area contributed by atoms with Gasteiger partial charge in [-0.05, 0) is 31.0 Å². The molecule has 0 radical (unpaired) electrons. The van der Waals surface area contributed by atoms with Crippen molar-refractivity contribution in [1.82, 2.24) is 4.90 Å². The van der Waals surface area contributed by atoms with Crippen LogP contribution < -0.4 is 5.32 Å². The third-order valence-corrected chi connectivity index (χ3v) is 4.93. The van der Waals surface area contributed by atoms with E-state index in [0.717, 1.165) is 0 Å². The van der Waals surface area contributed by atoms with Crippen molar-refractivity contribution in [3.8, 4) is 0 Å². The van der Waals surface area contributed by atoms with E-state index >= 15 is 0 Å². The van der Waals surface area contributed by atoms with Crippen LogP contribution >= 0.6 is 23.2 Å². The van der Waals surface area contributed by atoms with Crippen molar-refractivity contribution in [2.75, 3.05) is 11.9 Å². The maximum atomic E-state index is 12.3. The molecule has 1 fully saturated rings. The first-order chi connectivity index (χ1) is 11.5. The average molecular weight is 367 g/mol. The van der Waals surface area contributed by atoms with Gasteiger partial charge in [0, 0.05) is 18.0 Å². The Bertz CT molecular complexity index is 707. The summed E-state index contributed by atoms with van der Waals surface area (Å²) in [5, 5.41) is 3.48. The summed E-state index contributed by atoms with van der Waals surface area (Å²) in [7, 11) is 0. The number of halogens is 2. The first kappa shape index (κ1) is 17.0. The van der Waals surface area contributed by atoms with Crippen molar-refractivity contribution in [2.45, 2.75) is 19.3 Å². The largest absolute Gasteiger partial charge is 0.325 e.